The maximum Gasteiger partial charge on any atom is 0.308 e. The Morgan fingerprint density at radius 3 is 2.60 bits per heavy atom. The first-order valence-corrected chi connectivity index (χ1v) is 6.26. The van der Waals surface area contributed by atoms with Crippen molar-refractivity contribution >= 4 is 5.97 Å². The van der Waals surface area contributed by atoms with Crippen molar-refractivity contribution in [2.45, 2.75) is 27.2 Å². The van der Waals surface area contributed by atoms with E-state index in [1.807, 2.05) is 26.0 Å². The van der Waals surface area contributed by atoms with Gasteiger partial charge in [0.15, 0.2) is 5.76 Å². The van der Waals surface area contributed by atoms with E-state index in [4.69, 9.17) is 14.4 Å². The quantitative estimate of drug-likeness (QED) is 0.928. The highest BCUT2D eigenvalue weighted by atomic mass is 16.5. The second-order valence-corrected chi connectivity index (χ2v) is 4.78. The summed E-state index contributed by atoms with van der Waals surface area (Å²) in [5.74, 6) is 0.413. The van der Waals surface area contributed by atoms with Crippen LogP contribution in [0, 0.1) is 20.8 Å². The van der Waals surface area contributed by atoms with Crippen molar-refractivity contribution in [3.63, 3.8) is 0 Å². The summed E-state index contributed by atoms with van der Waals surface area (Å²) < 4.78 is 10.6. The van der Waals surface area contributed by atoms with Crippen LogP contribution in [0.5, 0.6) is 5.75 Å². The van der Waals surface area contributed by atoms with E-state index < -0.39 is 5.97 Å². The molecule has 0 aliphatic rings. The van der Waals surface area contributed by atoms with Crippen LogP contribution in [-0.2, 0) is 11.2 Å². The van der Waals surface area contributed by atoms with Crippen LogP contribution in [-0.4, -0.2) is 23.3 Å². The highest BCUT2D eigenvalue weighted by molar-refractivity contribution is 5.76. The average Bonchev–Trinajstić information content (AvgIpc) is 2.73. The van der Waals surface area contributed by atoms with Gasteiger partial charge in [-0.05, 0) is 44.0 Å². The molecule has 1 heterocycles. The molecule has 0 radical (unpaired) electrons. The number of methoxy groups -OCH3 is 1. The summed E-state index contributed by atoms with van der Waals surface area (Å²) in [6, 6.07) is 3.84. The summed E-state index contributed by atoms with van der Waals surface area (Å²) in [5.41, 5.74) is 3.99. The van der Waals surface area contributed by atoms with E-state index in [1.54, 1.807) is 14.0 Å². The molecule has 0 unspecified atom stereocenters. The normalized spacial score (nSPS) is 10.6. The van der Waals surface area contributed by atoms with Gasteiger partial charge in [-0.15, -0.1) is 0 Å². The Bertz CT molecular complexity index is 658. The number of aliphatic carboxylic acids is 1. The third-order valence-corrected chi connectivity index (χ3v) is 3.30. The van der Waals surface area contributed by atoms with Crippen molar-refractivity contribution < 1.29 is 19.2 Å². The molecule has 5 nitrogen and oxygen atoms in total. The summed E-state index contributed by atoms with van der Waals surface area (Å²) in [7, 11) is 1.62. The fourth-order valence-corrected chi connectivity index (χ4v) is 2.21. The fourth-order valence-electron chi connectivity index (χ4n) is 2.21. The number of hydrogen-bond donors (Lipinski definition) is 1. The molecular weight excluding hydrogens is 258 g/mol. The molecule has 0 aliphatic heterocycles. The van der Waals surface area contributed by atoms with Gasteiger partial charge in [0, 0.05) is 11.1 Å². The molecule has 1 N–H and O–H groups in total. The van der Waals surface area contributed by atoms with E-state index in [1.165, 1.54) is 0 Å². The number of rotatable bonds is 4. The lowest BCUT2D eigenvalue weighted by Gasteiger charge is -2.10. The first-order valence-electron chi connectivity index (χ1n) is 6.26. The predicted molar refractivity (Wildman–Crippen MR) is 74.0 cm³/mol. The fraction of sp³-hybridized carbons (Fsp3) is 0.333. The molecular formula is C15H17NO4. The highest BCUT2D eigenvalue weighted by Gasteiger charge is 2.20. The zero-order valence-corrected chi connectivity index (χ0v) is 12.0. The minimum absolute atomic E-state index is 0.102. The highest BCUT2D eigenvalue weighted by Crippen LogP contribution is 2.33. The SMILES string of the molecule is COc1cc(C)c(-c2onc(C)c2CC(=O)O)cc1C. The topological polar surface area (TPSA) is 72.6 Å². The number of carboxylic acid groups (broad SMARTS) is 1. The number of carbonyl (C=O) groups is 1. The minimum Gasteiger partial charge on any atom is -0.496 e. The van der Waals surface area contributed by atoms with E-state index in [0.29, 0.717) is 17.0 Å². The van der Waals surface area contributed by atoms with Gasteiger partial charge in [-0.3, -0.25) is 4.79 Å². The lowest BCUT2D eigenvalue weighted by atomic mass is 9.98. The molecule has 20 heavy (non-hydrogen) atoms. The third kappa shape index (κ3) is 2.52. The predicted octanol–water partition coefficient (Wildman–Crippen LogP) is 2.90. The number of aryl methyl sites for hydroxylation is 3. The lowest BCUT2D eigenvalue weighted by molar-refractivity contribution is -0.136. The van der Waals surface area contributed by atoms with Crippen LogP contribution < -0.4 is 4.74 Å². The van der Waals surface area contributed by atoms with Gasteiger partial charge in [-0.25, -0.2) is 0 Å². The molecule has 0 amide bonds. The van der Waals surface area contributed by atoms with E-state index in [-0.39, 0.29) is 6.42 Å². The minimum atomic E-state index is -0.902. The van der Waals surface area contributed by atoms with Gasteiger partial charge >= 0.3 is 5.97 Å². The summed E-state index contributed by atoms with van der Waals surface area (Å²) in [6.07, 6.45) is -0.102. The molecule has 106 valence electrons. The number of nitrogens with zero attached hydrogens (tertiary/aromatic N) is 1. The number of ether oxygens (including phenoxy) is 1. The Morgan fingerprint density at radius 2 is 2.00 bits per heavy atom. The van der Waals surface area contributed by atoms with E-state index >= 15 is 0 Å². The summed E-state index contributed by atoms with van der Waals surface area (Å²) in [5, 5.41) is 12.9. The Balaban J connectivity index is 2.57. The monoisotopic (exact) mass is 275 g/mol. The van der Waals surface area contributed by atoms with Crippen LogP contribution >= 0.6 is 0 Å². The van der Waals surface area contributed by atoms with Crippen LogP contribution in [0.3, 0.4) is 0 Å². The Kier molecular flexibility index (Phi) is 3.79. The molecule has 0 spiro atoms. The van der Waals surface area contributed by atoms with Gasteiger partial charge in [-0.2, -0.15) is 0 Å². The molecule has 2 rings (SSSR count). The van der Waals surface area contributed by atoms with Gasteiger partial charge in [-0.1, -0.05) is 5.16 Å². The lowest BCUT2D eigenvalue weighted by Crippen LogP contribution is -2.02. The number of carboxylic acids is 1. The third-order valence-electron chi connectivity index (χ3n) is 3.30. The number of benzene rings is 1. The van der Waals surface area contributed by atoms with Crippen molar-refractivity contribution in [1.82, 2.24) is 5.16 Å². The Hall–Kier alpha value is -2.30. The first kappa shape index (κ1) is 14.1. The molecule has 0 saturated heterocycles. The standard InChI is InChI=1S/C15H17NO4/c1-8-6-13(19-4)9(2)5-11(8)15-12(7-14(17)18)10(3)16-20-15/h5-6H,7H2,1-4H3,(H,17,18). The smallest absolute Gasteiger partial charge is 0.308 e. The van der Waals surface area contributed by atoms with Gasteiger partial charge in [0.05, 0.1) is 19.2 Å². The molecule has 5 heteroatoms. The molecule has 2 aromatic rings. The average molecular weight is 275 g/mol. The van der Waals surface area contributed by atoms with E-state index in [0.717, 1.165) is 22.4 Å². The number of hydrogen-bond acceptors (Lipinski definition) is 4. The van der Waals surface area contributed by atoms with Crippen LogP contribution in [0.2, 0.25) is 0 Å². The van der Waals surface area contributed by atoms with E-state index in [9.17, 15) is 4.79 Å². The maximum absolute atomic E-state index is 11.0. The van der Waals surface area contributed by atoms with Crippen LogP contribution in [0.25, 0.3) is 11.3 Å². The number of aromatic nitrogens is 1. The van der Waals surface area contributed by atoms with Gasteiger partial charge in [0.25, 0.3) is 0 Å². The van der Waals surface area contributed by atoms with Crippen molar-refractivity contribution in [2.24, 2.45) is 0 Å². The largest absolute Gasteiger partial charge is 0.496 e. The summed E-state index contributed by atoms with van der Waals surface area (Å²) >= 11 is 0. The van der Waals surface area contributed by atoms with Crippen molar-refractivity contribution in [3.8, 4) is 17.1 Å². The molecule has 0 saturated carbocycles. The summed E-state index contributed by atoms with van der Waals surface area (Å²) in [6.45, 7) is 5.61. The van der Waals surface area contributed by atoms with Crippen LogP contribution in [0.15, 0.2) is 16.7 Å². The Morgan fingerprint density at radius 1 is 1.30 bits per heavy atom. The van der Waals surface area contributed by atoms with Gasteiger partial charge in [0.2, 0.25) is 0 Å². The van der Waals surface area contributed by atoms with Crippen molar-refractivity contribution in [2.75, 3.05) is 7.11 Å². The second-order valence-electron chi connectivity index (χ2n) is 4.78. The second kappa shape index (κ2) is 5.36. The molecule has 1 aromatic carbocycles. The molecule has 1 aromatic heterocycles. The zero-order valence-electron chi connectivity index (χ0n) is 12.0. The summed E-state index contributed by atoms with van der Waals surface area (Å²) in [4.78, 5) is 11.0. The molecule has 0 aliphatic carbocycles. The van der Waals surface area contributed by atoms with Gasteiger partial charge in [0.1, 0.15) is 5.75 Å². The van der Waals surface area contributed by atoms with E-state index in [2.05, 4.69) is 5.16 Å². The van der Waals surface area contributed by atoms with Crippen LogP contribution in [0.1, 0.15) is 22.4 Å². The van der Waals surface area contributed by atoms with Crippen molar-refractivity contribution in [1.29, 1.82) is 0 Å². The zero-order chi connectivity index (χ0) is 14.9. The van der Waals surface area contributed by atoms with Crippen molar-refractivity contribution in [3.05, 3.63) is 34.5 Å². The van der Waals surface area contributed by atoms with Crippen LogP contribution in [0.4, 0.5) is 0 Å². The molecule has 0 fully saturated rings. The van der Waals surface area contributed by atoms with Gasteiger partial charge < -0.3 is 14.4 Å². The Labute approximate surface area is 117 Å². The molecule has 0 bridgehead atoms. The first-order chi connectivity index (χ1) is 9.43. The maximum atomic E-state index is 11.0. The molecule has 0 atom stereocenters.